The molecule has 0 aliphatic rings. The summed E-state index contributed by atoms with van der Waals surface area (Å²) < 4.78 is 12.2. The summed E-state index contributed by atoms with van der Waals surface area (Å²) in [5.41, 5.74) is 11.4. The van der Waals surface area contributed by atoms with Gasteiger partial charge in [-0.2, -0.15) is 0 Å². The molecular weight excluding hydrogens is 266 g/mol. The minimum Gasteiger partial charge on any atom is -0.399 e. The molecule has 2 aromatic carbocycles. The van der Waals surface area contributed by atoms with Crippen LogP contribution in [0.3, 0.4) is 0 Å². The minimum absolute atomic E-state index is 0.620. The predicted molar refractivity (Wildman–Crippen MR) is 87.2 cm³/mol. The Labute approximate surface area is 123 Å². The van der Waals surface area contributed by atoms with E-state index in [4.69, 9.17) is 5.73 Å². The molecule has 1 atom stereocenters. The van der Waals surface area contributed by atoms with E-state index < -0.39 is 10.8 Å². The van der Waals surface area contributed by atoms with E-state index in [1.54, 1.807) is 0 Å². The fraction of sp³-hybridized carbons (Fsp3) is 0.294. The molecule has 106 valence electrons. The Morgan fingerprint density at radius 2 is 1.70 bits per heavy atom. The first-order chi connectivity index (χ1) is 9.54. The molecule has 0 fully saturated rings. The van der Waals surface area contributed by atoms with Gasteiger partial charge in [-0.25, -0.2) is 0 Å². The molecule has 0 saturated heterocycles. The van der Waals surface area contributed by atoms with Crippen LogP contribution in [0.15, 0.2) is 42.5 Å². The molecule has 0 aromatic heterocycles. The largest absolute Gasteiger partial charge is 0.399 e. The Morgan fingerprint density at radius 1 is 1.05 bits per heavy atom. The lowest BCUT2D eigenvalue weighted by Crippen LogP contribution is -2.06. The lowest BCUT2D eigenvalue weighted by Gasteiger charge is -2.07. The van der Waals surface area contributed by atoms with Crippen molar-refractivity contribution in [3.05, 3.63) is 64.7 Å². The fourth-order valence-electron chi connectivity index (χ4n) is 2.40. The average Bonchev–Trinajstić information content (AvgIpc) is 2.36. The zero-order chi connectivity index (χ0) is 14.5. The number of anilines is 1. The number of nitrogens with two attached hydrogens (primary N) is 1. The van der Waals surface area contributed by atoms with Crippen LogP contribution in [-0.4, -0.2) is 9.96 Å². The van der Waals surface area contributed by atoms with Crippen molar-refractivity contribution in [2.24, 2.45) is 0 Å². The van der Waals surface area contributed by atoms with Crippen molar-refractivity contribution in [3.63, 3.8) is 0 Å². The van der Waals surface area contributed by atoms with Gasteiger partial charge in [0.2, 0.25) is 0 Å². The maximum Gasteiger partial charge on any atom is 0.0485 e. The third kappa shape index (κ3) is 4.20. The van der Waals surface area contributed by atoms with Crippen LogP contribution in [0, 0.1) is 13.8 Å². The smallest absolute Gasteiger partial charge is 0.0485 e. The van der Waals surface area contributed by atoms with Gasteiger partial charge in [-0.3, -0.25) is 4.21 Å². The number of para-hydroxylation sites is 1. The average molecular weight is 287 g/mol. The number of nitrogen functional groups attached to an aromatic ring is 1. The Hall–Kier alpha value is -1.61. The Balaban J connectivity index is 1.94. The quantitative estimate of drug-likeness (QED) is 0.857. The second-order valence-corrected chi connectivity index (χ2v) is 6.81. The molecule has 2 N–H and O–H groups in total. The topological polar surface area (TPSA) is 43.1 Å². The lowest BCUT2D eigenvalue weighted by molar-refractivity contribution is 0.682. The van der Waals surface area contributed by atoms with Crippen molar-refractivity contribution in [1.29, 1.82) is 0 Å². The van der Waals surface area contributed by atoms with Crippen molar-refractivity contribution < 1.29 is 4.21 Å². The van der Waals surface area contributed by atoms with Crippen molar-refractivity contribution in [2.75, 3.05) is 11.5 Å². The highest BCUT2D eigenvalue weighted by molar-refractivity contribution is 7.84. The molecular formula is C17H21NOS. The van der Waals surface area contributed by atoms with Gasteiger partial charge >= 0.3 is 0 Å². The van der Waals surface area contributed by atoms with Gasteiger partial charge in [-0.1, -0.05) is 47.5 Å². The molecule has 0 saturated carbocycles. The summed E-state index contributed by atoms with van der Waals surface area (Å²) in [7, 11) is -0.852. The van der Waals surface area contributed by atoms with E-state index in [0.717, 1.165) is 23.2 Å². The predicted octanol–water partition coefficient (Wildman–Crippen LogP) is 3.38. The van der Waals surface area contributed by atoms with Gasteiger partial charge in [0.25, 0.3) is 0 Å². The summed E-state index contributed by atoms with van der Waals surface area (Å²) >= 11 is 0. The van der Waals surface area contributed by atoms with Gasteiger partial charge in [-0.05, 0) is 37.5 Å². The van der Waals surface area contributed by atoms with Gasteiger partial charge in [0.15, 0.2) is 0 Å². The highest BCUT2D eigenvalue weighted by Crippen LogP contribution is 2.14. The van der Waals surface area contributed by atoms with Crippen LogP contribution in [0.25, 0.3) is 0 Å². The Bertz CT molecular complexity index is 602. The van der Waals surface area contributed by atoms with Gasteiger partial charge in [0.1, 0.15) is 0 Å². The fourth-order valence-corrected chi connectivity index (χ4v) is 3.53. The molecule has 2 rings (SSSR count). The number of hydrogen-bond acceptors (Lipinski definition) is 2. The third-order valence-corrected chi connectivity index (χ3v) is 4.58. The molecule has 0 bridgehead atoms. The molecule has 0 spiro atoms. The summed E-state index contributed by atoms with van der Waals surface area (Å²) in [4.78, 5) is 0. The summed E-state index contributed by atoms with van der Waals surface area (Å²) in [6.45, 7) is 4.15. The molecule has 3 heteroatoms. The molecule has 0 heterocycles. The molecule has 0 amide bonds. The maximum atomic E-state index is 12.2. The number of aryl methyl sites for hydroxylation is 3. The highest BCUT2D eigenvalue weighted by Gasteiger charge is 2.05. The van der Waals surface area contributed by atoms with E-state index >= 15 is 0 Å². The first-order valence-corrected chi connectivity index (χ1v) is 8.29. The van der Waals surface area contributed by atoms with Crippen LogP contribution >= 0.6 is 0 Å². The minimum atomic E-state index is -0.852. The van der Waals surface area contributed by atoms with E-state index in [-0.39, 0.29) is 0 Å². The highest BCUT2D eigenvalue weighted by atomic mass is 32.2. The van der Waals surface area contributed by atoms with Crippen molar-refractivity contribution in [1.82, 2.24) is 0 Å². The normalized spacial score (nSPS) is 12.3. The van der Waals surface area contributed by atoms with E-state index in [1.807, 2.05) is 24.3 Å². The molecule has 1 unspecified atom stereocenters. The van der Waals surface area contributed by atoms with Gasteiger partial charge < -0.3 is 5.73 Å². The second-order valence-electron chi connectivity index (χ2n) is 5.23. The van der Waals surface area contributed by atoms with Crippen LogP contribution in [0.2, 0.25) is 0 Å². The van der Waals surface area contributed by atoms with Crippen LogP contribution in [-0.2, 0) is 23.0 Å². The standard InChI is InChI=1S/C17H21NOS/c1-13-9-14(2)11-15(10-13)12-20(19)8-7-16-5-3-4-6-17(16)18/h3-6,9-11H,7-8,12,18H2,1-2H3. The summed E-state index contributed by atoms with van der Waals surface area (Å²) in [6, 6.07) is 14.1. The molecule has 2 nitrogen and oxygen atoms in total. The van der Waals surface area contributed by atoms with Crippen LogP contribution in [0.5, 0.6) is 0 Å². The zero-order valence-electron chi connectivity index (χ0n) is 12.1. The maximum absolute atomic E-state index is 12.2. The number of hydrogen-bond donors (Lipinski definition) is 1. The van der Waals surface area contributed by atoms with E-state index in [0.29, 0.717) is 11.5 Å². The van der Waals surface area contributed by atoms with Crippen molar-refractivity contribution in [2.45, 2.75) is 26.0 Å². The summed E-state index contributed by atoms with van der Waals surface area (Å²) in [5, 5.41) is 0. The lowest BCUT2D eigenvalue weighted by atomic mass is 10.1. The van der Waals surface area contributed by atoms with Crippen LogP contribution in [0.1, 0.15) is 22.3 Å². The van der Waals surface area contributed by atoms with E-state index in [9.17, 15) is 4.21 Å². The molecule has 20 heavy (non-hydrogen) atoms. The first-order valence-electron chi connectivity index (χ1n) is 6.80. The SMILES string of the molecule is Cc1cc(C)cc(CS(=O)CCc2ccccc2N)c1. The first kappa shape index (κ1) is 14.8. The molecule has 0 aliphatic heterocycles. The van der Waals surface area contributed by atoms with Crippen LogP contribution < -0.4 is 5.73 Å². The van der Waals surface area contributed by atoms with Crippen molar-refractivity contribution in [3.8, 4) is 0 Å². The molecule has 0 aliphatic carbocycles. The second kappa shape index (κ2) is 6.71. The van der Waals surface area contributed by atoms with E-state index in [1.165, 1.54) is 11.1 Å². The number of rotatable bonds is 5. The van der Waals surface area contributed by atoms with Gasteiger partial charge in [0.05, 0.1) is 0 Å². The Kier molecular flexibility index (Phi) is 4.96. The monoisotopic (exact) mass is 287 g/mol. The number of benzene rings is 2. The molecule has 2 aromatic rings. The summed E-state index contributed by atoms with van der Waals surface area (Å²) in [6.07, 6.45) is 0.768. The van der Waals surface area contributed by atoms with Crippen LogP contribution in [0.4, 0.5) is 5.69 Å². The zero-order valence-corrected chi connectivity index (χ0v) is 12.9. The third-order valence-electron chi connectivity index (χ3n) is 3.26. The van der Waals surface area contributed by atoms with E-state index in [2.05, 4.69) is 32.0 Å². The van der Waals surface area contributed by atoms with Gasteiger partial charge in [-0.15, -0.1) is 0 Å². The Morgan fingerprint density at radius 3 is 2.35 bits per heavy atom. The molecule has 0 radical (unpaired) electrons. The van der Waals surface area contributed by atoms with Gasteiger partial charge in [0, 0.05) is 28.0 Å². The summed E-state index contributed by atoms with van der Waals surface area (Å²) in [5.74, 6) is 1.27. The van der Waals surface area contributed by atoms with Crippen molar-refractivity contribution >= 4 is 16.5 Å².